The Morgan fingerprint density at radius 1 is 1.41 bits per heavy atom. The number of nitrogens with zero attached hydrogens (tertiary/aromatic N) is 1. The molecule has 2 rings (SSSR count). The van der Waals surface area contributed by atoms with Gasteiger partial charge in [0.25, 0.3) is 0 Å². The minimum absolute atomic E-state index is 0.584. The maximum Gasteiger partial charge on any atom is 0.0334 e. The molecule has 1 N–H and O–H groups in total. The van der Waals surface area contributed by atoms with Crippen LogP contribution in [0.4, 0.5) is 0 Å². The molecule has 1 aromatic heterocycles. The zero-order valence-corrected chi connectivity index (χ0v) is 12.0. The molecular formula is C14H24N2S. The number of rotatable bonds is 7. The summed E-state index contributed by atoms with van der Waals surface area (Å²) in [6.45, 7) is 9.00. The van der Waals surface area contributed by atoms with Crippen LogP contribution in [0.3, 0.4) is 0 Å². The molecule has 0 bridgehead atoms. The first-order chi connectivity index (χ1) is 8.16. The van der Waals surface area contributed by atoms with Crippen molar-refractivity contribution in [3.63, 3.8) is 0 Å². The first kappa shape index (κ1) is 13.1. The molecule has 0 spiro atoms. The molecular weight excluding hydrogens is 228 g/mol. The molecule has 0 amide bonds. The van der Waals surface area contributed by atoms with E-state index < -0.39 is 0 Å². The molecule has 0 aliphatic heterocycles. The second-order valence-corrected chi connectivity index (χ2v) is 6.43. The first-order valence-corrected chi connectivity index (χ1v) is 7.56. The van der Waals surface area contributed by atoms with E-state index >= 15 is 0 Å². The summed E-state index contributed by atoms with van der Waals surface area (Å²) >= 11 is 1.88. The fourth-order valence-corrected chi connectivity index (χ4v) is 2.87. The average molecular weight is 252 g/mol. The van der Waals surface area contributed by atoms with Crippen molar-refractivity contribution in [2.75, 3.05) is 6.54 Å². The van der Waals surface area contributed by atoms with Crippen LogP contribution < -0.4 is 5.32 Å². The van der Waals surface area contributed by atoms with E-state index in [-0.39, 0.29) is 0 Å². The third-order valence-electron chi connectivity index (χ3n) is 3.32. The van der Waals surface area contributed by atoms with Gasteiger partial charge in [-0.05, 0) is 31.2 Å². The van der Waals surface area contributed by atoms with Gasteiger partial charge >= 0.3 is 0 Å². The van der Waals surface area contributed by atoms with Crippen molar-refractivity contribution in [3.8, 4) is 0 Å². The van der Waals surface area contributed by atoms with Gasteiger partial charge in [-0.2, -0.15) is 0 Å². The first-order valence-electron chi connectivity index (χ1n) is 6.68. The Hall–Kier alpha value is -0.380. The predicted molar refractivity (Wildman–Crippen MR) is 75.5 cm³/mol. The van der Waals surface area contributed by atoms with E-state index in [1.807, 2.05) is 11.3 Å². The summed E-state index contributed by atoms with van der Waals surface area (Å²) in [5, 5.41) is 5.73. The lowest BCUT2D eigenvalue weighted by atomic mass is 10.2. The van der Waals surface area contributed by atoms with E-state index in [4.69, 9.17) is 0 Å². The maximum absolute atomic E-state index is 3.55. The third kappa shape index (κ3) is 4.09. The minimum atomic E-state index is 0.584. The van der Waals surface area contributed by atoms with E-state index in [2.05, 4.69) is 48.5 Å². The van der Waals surface area contributed by atoms with Gasteiger partial charge in [-0.15, -0.1) is 11.3 Å². The van der Waals surface area contributed by atoms with Gasteiger partial charge < -0.3 is 5.32 Å². The van der Waals surface area contributed by atoms with Crippen molar-refractivity contribution >= 4 is 11.3 Å². The summed E-state index contributed by atoms with van der Waals surface area (Å²) in [6.07, 6.45) is 2.77. The van der Waals surface area contributed by atoms with Crippen molar-refractivity contribution in [1.29, 1.82) is 0 Å². The highest BCUT2D eigenvalue weighted by atomic mass is 32.1. The van der Waals surface area contributed by atoms with E-state index in [1.165, 1.54) is 17.7 Å². The van der Waals surface area contributed by atoms with Gasteiger partial charge in [-0.1, -0.05) is 19.9 Å². The largest absolute Gasteiger partial charge is 0.313 e. The summed E-state index contributed by atoms with van der Waals surface area (Å²) in [4.78, 5) is 4.16. The average Bonchev–Trinajstić information content (AvgIpc) is 3.00. The zero-order valence-electron chi connectivity index (χ0n) is 11.1. The third-order valence-corrected chi connectivity index (χ3v) is 4.18. The Bertz CT molecular complexity index is 317. The van der Waals surface area contributed by atoms with Crippen molar-refractivity contribution in [2.24, 2.45) is 0 Å². The van der Waals surface area contributed by atoms with Crippen molar-refractivity contribution in [1.82, 2.24) is 10.2 Å². The van der Waals surface area contributed by atoms with Crippen molar-refractivity contribution in [3.05, 3.63) is 22.4 Å². The molecule has 3 heteroatoms. The van der Waals surface area contributed by atoms with Crippen molar-refractivity contribution < 1.29 is 0 Å². The second-order valence-electron chi connectivity index (χ2n) is 5.39. The van der Waals surface area contributed by atoms with Gasteiger partial charge in [-0.25, -0.2) is 0 Å². The second kappa shape index (κ2) is 5.98. The molecule has 0 radical (unpaired) electrons. The highest BCUT2D eigenvalue weighted by molar-refractivity contribution is 7.09. The molecule has 0 saturated heterocycles. The Morgan fingerprint density at radius 2 is 2.18 bits per heavy atom. The molecule has 1 atom stereocenters. The Kier molecular flexibility index (Phi) is 4.60. The van der Waals surface area contributed by atoms with Crippen LogP contribution in [0.1, 0.15) is 38.5 Å². The van der Waals surface area contributed by atoms with Crippen LogP contribution in [0.25, 0.3) is 0 Å². The molecule has 1 aliphatic carbocycles. The Labute approximate surface area is 109 Å². The van der Waals surface area contributed by atoms with Crippen molar-refractivity contribution in [2.45, 2.75) is 58.3 Å². The lowest BCUT2D eigenvalue weighted by molar-refractivity contribution is 0.185. The highest BCUT2D eigenvalue weighted by Gasteiger charge is 2.32. The van der Waals surface area contributed by atoms with E-state index in [0.717, 1.165) is 19.1 Å². The highest BCUT2D eigenvalue weighted by Crippen LogP contribution is 2.30. The van der Waals surface area contributed by atoms with Gasteiger partial charge in [0.2, 0.25) is 0 Å². The Balaban J connectivity index is 1.87. The van der Waals surface area contributed by atoms with Gasteiger partial charge in [0.1, 0.15) is 0 Å². The summed E-state index contributed by atoms with van der Waals surface area (Å²) in [6, 6.07) is 6.46. The zero-order chi connectivity index (χ0) is 12.3. The SMILES string of the molecule is CC(C)NCC(C)N(Cc1cccs1)C1CC1. The lowest BCUT2D eigenvalue weighted by Crippen LogP contribution is -2.42. The number of nitrogens with one attached hydrogen (secondary N) is 1. The standard InChI is InChI=1S/C14H24N2S/c1-11(2)15-9-12(3)16(13-6-7-13)10-14-5-4-8-17-14/h4-5,8,11-13,15H,6-7,9-10H2,1-3H3. The van der Waals surface area contributed by atoms with Crippen LogP contribution in [-0.2, 0) is 6.54 Å². The predicted octanol–water partition coefficient (Wildman–Crippen LogP) is 3.10. The molecule has 0 aromatic carbocycles. The van der Waals surface area contributed by atoms with Gasteiger partial charge in [0.15, 0.2) is 0 Å². The maximum atomic E-state index is 3.55. The molecule has 1 unspecified atom stereocenters. The molecule has 1 saturated carbocycles. The quantitative estimate of drug-likeness (QED) is 0.802. The van der Waals surface area contributed by atoms with Gasteiger partial charge in [0.05, 0.1) is 0 Å². The van der Waals surface area contributed by atoms with Crippen LogP contribution in [0.15, 0.2) is 17.5 Å². The van der Waals surface area contributed by atoms with Crippen LogP contribution in [0.2, 0.25) is 0 Å². The van der Waals surface area contributed by atoms with Crippen LogP contribution in [-0.4, -0.2) is 29.6 Å². The number of thiophene rings is 1. The fraction of sp³-hybridized carbons (Fsp3) is 0.714. The summed E-state index contributed by atoms with van der Waals surface area (Å²) < 4.78 is 0. The minimum Gasteiger partial charge on any atom is -0.313 e. The van der Waals surface area contributed by atoms with E-state index in [0.29, 0.717) is 12.1 Å². The number of hydrogen-bond acceptors (Lipinski definition) is 3. The van der Waals surface area contributed by atoms with Crippen LogP contribution >= 0.6 is 11.3 Å². The van der Waals surface area contributed by atoms with Crippen LogP contribution in [0, 0.1) is 0 Å². The van der Waals surface area contributed by atoms with E-state index in [1.54, 1.807) is 0 Å². The van der Waals surface area contributed by atoms with Gasteiger partial charge in [0, 0.05) is 36.1 Å². The summed E-state index contributed by atoms with van der Waals surface area (Å²) in [5.41, 5.74) is 0. The lowest BCUT2D eigenvalue weighted by Gasteiger charge is -2.29. The molecule has 17 heavy (non-hydrogen) atoms. The van der Waals surface area contributed by atoms with Gasteiger partial charge in [-0.3, -0.25) is 4.90 Å². The summed E-state index contributed by atoms with van der Waals surface area (Å²) in [7, 11) is 0. The number of hydrogen-bond donors (Lipinski definition) is 1. The molecule has 1 aliphatic rings. The molecule has 1 fully saturated rings. The molecule has 96 valence electrons. The normalized spacial score (nSPS) is 17.9. The van der Waals surface area contributed by atoms with E-state index in [9.17, 15) is 0 Å². The molecule has 1 heterocycles. The molecule has 2 nitrogen and oxygen atoms in total. The monoisotopic (exact) mass is 252 g/mol. The smallest absolute Gasteiger partial charge is 0.0334 e. The summed E-state index contributed by atoms with van der Waals surface area (Å²) in [5.74, 6) is 0. The van der Waals surface area contributed by atoms with Crippen LogP contribution in [0.5, 0.6) is 0 Å². The molecule has 1 aromatic rings. The topological polar surface area (TPSA) is 15.3 Å². The fourth-order valence-electron chi connectivity index (χ4n) is 2.16. The Morgan fingerprint density at radius 3 is 2.71 bits per heavy atom.